The van der Waals surface area contributed by atoms with E-state index in [2.05, 4.69) is 391 Å². The Kier molecular flexibility index (Phi) is 19.9. The Balaban J connectivity index is 0.000000105. The lowest BCUT2D eigenvalue weighted by molar-refractivity contribution is 0.660. The maximum Gasteiger partial charge on any atom is 0.238 e. The molecule has 17 nitrogen and oxygen atoms in total. The highest BCUT2D eigenvalue weighted by Crippen LogP contribution is 2.51. The molecule has 0 spiro atoms. The zero-order valence-corrected chi connectivity index (χ0v) is 80.8. The van der Waals surface area contributed by atoms with Crippen LogP contribution < -0.4 is 0 Å². The van der Waals surface area contributed by atoms with Crippen molar-refractivity contribution in [3.63, 3.8) is 0 Å². The summed E-state index contributed by atoms with van der Waals surface area (Å²) >= 11 is 0. The minimum Gasteiger partial charge on any atom is -0.456 e. The molecular weight excluding hydrogens is 1830 g/mol. The standard InChI is InChI=1S/C47H30N6.C44H31N5.C41H25N5O/c1-4-14-31(15-5-1)39-30-40(32-16-6-2-7-17-32)49-46(48-39)53-44-27-25-34(29-45(44)52-43-23-13-11-21-38(43)50-47(52)53)33-24-26-42-37(28-33)36-20-10-12-22-41(36)51(42)35-18-8-3-9-19-35;1-44(2)34-18-10-9-17-32(34)33-25-30(21-23-35(33)44)31-22-24-40-41(26-31)48-39-20-12-11-19-36(39)47-43(48)49(40)42-45-37(28-13-5-3-6-14-28)27-38(46-42)29-15-7-4-8-16-29;1-3-11-26(12-4-1)33-25-34(27-13-5-2-6-14-27)43-40(42-33)46-36-21-19-29(24-37(36)45-35-17-9-8-16-32(35)44-41(45)46)28-20-22-39-31(23-28)30-15-7-10-18-38(30)47-39/h1-30H;3-27H,1-2H3;1-25H. The van der Waals surface area contributed by atoms with E-state index >= 15 is 0 Å². The van der Waals surface area contributed by atoms with Crippen LogP contribution in [0.25, 0.3) is 263 Å². The fourth-order valence-electron chi connectivity index (χ4n) is 22.3. The fraction of sp³-hybridized carbons (Fsp3) is 0.0227. The summed E-state index contributed by atoms with van der Waals surface area (Å²) in [7, 11) is 0. The van der Waals surface area contributed by atoms with Gasteiger partial charge in [0.2, 0.25) is 35.2 Å². The van der Waals surface area contributed by atoms with Crippen molar-refractivity contribution in [2.24, 2.45) is 0 Å². The number of furan rings is 1. The third-order valence-electron chi connectivity index (χ3n) is 29.4. The van der Waals surface area contributed by atoms with Crippen molar-refractivity contribution in [3.05, 3.63) is 496 Å². The Morgan fingerprint density at radius 1 is 0.181 bits per heavy atom. The Morgan fingerprint density at radius 2 is 0.477 bits per heavy atom. The molecule has 700 valence electrons. The first-order valence-electron chi connectivity index (χ1n) is 50.1. The van der Waals surface area contributed by atoms with Crippen molar-refractivity contribution in [1.82, 2.24) is 76.3 Å². The maximum atomic E-state index is 6.11. The van der Waals surface area contributed by atoms with Gasteiger partial charge in [0.1, 0.15) is 11.2 Å². The van der Waals surface area contributed by atoms with E-state index in [0.717, 1.165) is 207 Å². The fourth-order valence-corrected chi connectivity index (χ4v) is 22.3. The van der Waals surface area contributed by atoms with Crippen LogP contribution in [0.1, 0.15) is 25.0 Å². The smallest absolute Gasteiger partial charge is 0.238 e. The van der Waals surface area contributed by atoms with Crippen LogP contribution in [-0.2, 0) is 5.41 Å². The minimum atomic E-state index is -0.0274. The van der Waals surface area contributed by atoms with Gasteiger partial charge in [0.25, 0.3) is 0 Å². The maximum absolute atomic E-state index is 6.11. The van der Waals surface area contributed by atoms with Gasteiger partial charge in [-0.3, -0.25) is 13.2 Å². The second-order valence-corrected chi connectivity index (χ2v) is 38.5. The average Bonchev–Trinajstić information content (AvgIpc) is 1.56. The van der Waals surface area contributed by atoms with Gasteiger partial charge in [-0.1, -0.05) is 354 Å². The molecule has 0 unspecified atom stereocenters. The number of hydrogen-bond donors (Lipinski definition) is 0. The predicted molar refractivity (Wildman–Crippen MR) is 603 cm³/mol. The monoisotopic (exact) mass is 1910 g/mol. The third kappa shape index (κ3) is 14.3. The van der Waals surface area contributed by atoms with E-state index in [1.807, 2.05) is 140 Å². The van der Waals surface area contributed by atoms with Gasteiger partial charge in [0.15, 0.2) is 0 Å². The highest BCUT2D eigenvalue weighted by Gasteiger charge is 2.36. The summed E-state index contributed by atoms with van der Waals surface area (Å²) in [5.74, 6) is 4.03. The molecule has 1 aliphatic rings. The van der Waals surface area contributed by atoms with Gasteiger partial charge < -0.3 is 8.98 Å². The molecule has 30 aromatic rings. The highest BCUT2D eigenvalue weighted by molar-refractivity contribution is 6.12. The molecule has 0 aliphatic heterocycles. The summed E-state index contributed by atoms with van der Waals surface area (Å²) in [5.41, 5.74) is 40.7. The largest absolute Gasteiger partial charge is 0.456 e. The topological polar surface area (TPSA) is 162 Å². The molecule has 17 heteroatoms. The van der Waals surface area contributed by atoms with Crippen molar-refractivity contribution in [2.45, 2.75) is 19.3 Å². The van der Waals surface area contributed by atoms with Gasteiger partial charge in [0, 0.05) is 66.0 Å². The molecule has 0 amide bonds. The number of imidazole rings is 6. The van der Waals surface area contributed by atoms with Gasteiger partial charge in [-0.05, 0) is 201 Å². The second-order valence-electron chi connectivity index (χ2n) is 38.5. The van der Waals surface area contributed by atoms with E-state index in [-0.39, 0.29) is 5.41 Å². The molecule has 11 aromatic heterocycles. The van der Waals surface area contributed by atoms with Gasteiger partial charge in [-0.25, -0.2) is 58.6 Å². The average molecular weight is 1910 g/mol. The molecular formula is C132H86N16O. The summed E-state index contributed by atoms with van der Waals surface area (Å²) in [6, 6.07) is 169. The summed E-state index contributed by atoms with van der Waals surface area (Å²) in [6.45, 7) is 4.65. The molecule has 149 heavy (non-hydrogen) atoms. The molecule has 0 saturated heterocycles. The van der Waals surface area contributed by atoms with Crippen LogP contribution in [0.2, 0.25) is 0 Å². The molecule has 0 radical (unpaired) electrons. The van der Waals surface area contributed by atoms with E-state index in [9.17, 15) is 0 Å². The molecule has 31 rings (SSSR count). The van der Waals surface area contributed by atoms with Crippen LogP contribution in [0, 0.1) is 0 Å². The lowest BCUT2D eigenvalue weighted by Gasteiger charge is -2.21. The van der Waals surface area contributed by atoms with Crippen LogP contribution in [0.4, 0.5) is 0 Å². The molecule has 11 heterocycles. The van der Waals surface area contributed by atoms with E-state index in [0.29, 0.717) is 17.8 Å². The molecule has 0 atom stereocenters. The highest BCUT2D eigenvalue weighted by atomic mass is 16.3. The van der Waals surface area contributed by atoms with Crippen LogP contribution in [0.5, 0.6) is 0 Å². The molecule has 0 saturated carbocycles. The molecule has 0 fully saturated rings. The Hall–Kier alpha value is -20.2. The first-order chi connectivity index (χ1) is 73.6. The SMILES string of the molecule is CC1(C)c2ccccc2-c2cc(-c3ccc4c(c3)n3c5ccccc5nc3n4-c3nc(-c4ccccc4)cc(-c4ccccc4)n3)ccc21.c1ccc(-c2cc(-c3ccccc3)nc(-n3c4ccc(-c5ccc6c(c5)c5ccccc5n6-c5ccccc5)cc4n4c5ccccc5nc34)n2)cc1.c1ccc(-c2cc(-c3ccccc3)nc(-n3c4ccc(-c5ccc6oc7ccccc7c6c5)cc4n4c5ccccc5nc34)n2)cc1. The van der Waals surface area contributed by atoms with Gasteiger partial charge in [-0.15, -0.1) is 0 Å². The number of nitrogens with zero attached hydrogens (tertiary/aromatic N) is 16. The first-order valence-corrected chi connectivity index (χ1v) is 50.1. The molecule has 0 N–H and O–H groups in total. The number of rotatable bonds is 13. The Labute approximate surface area is 853 Å². The Morgan fingerprint density at radius 3 is 0.893 bits per heavy atom. The number of fused-ring (bicyclic) bond motifs is 24. The van der Waals surface area contributed by atoms with Crippen LogP contribution in [0.15, 0.2) is 490 Å². The van der Waals surface area contributed by atoms with Crippen molar-refractivity contribution < 1.29 is 4.42 Å². The molecule has 19 aromatic carbocycles. The van der Waals surface area contributed by atoms with Gasteiger partial charge in [0.05, 0.1) is 111 Å². The Bertz CT molecular complexity index is 10400. The quantitative estimate of drug-likeness (QED) is 0.109. The van der Waals surface area contributed by atoms with E-state index in [1.54, 1.807) is 0 Å². The zero-order valence-electron chi connectivity index (χ0n) is 80.8. The van der Waals surface area contributed by atoms with Gasteiger partial charge >= 0.3 is 0 Å². The predicted octanol–water partition coefficient (Wildman–Crippen LogP) is 32.0. The number of benzene rings is 19. The minimum absolute atomic E-state index is 0.0274. The molecule has 1 aliphatic carbocycles. The van der Waals surface area contributed by atoms with E-state index in [4.69, 9.17) is 49.3 Å². The number of hydrogen-bond acceptors (Lipinski definition) is 10. The summed E-state index contributed by atoms with van der Waals surface area (Å²) in [5, 5.41) is 4.67. The zero-order chi connectivity index (χ0) is 98.5. The van der Waals surface area contributed by atoms with Crippen molar-refractivity contribution in [1.29, 1.82) is 0 Å². The first kappa shape index (κ1) is 85.6. The van der Waals surface area contributed by atoms with E-state index in [1.165, 1.54) is 49.6 Å². The lowest BCUT2D eigenvalue weighted by atomic mass is 9.82. The van der Waals surface area contributed by atoms with E-state index < -0.39 is 0 Å². The summed E-state index contributed by atoms with van der Waals surface area (Å²) < 4.78 is 21.5. The molecule has 0 bridgehead atoms. The van der Waals surface area contributed by atoms with Crippen LogP contribution in [-0.4, -0.2) is 76.3 Å². The van der Waals surface area contributed by atoms with Crippen molar-refractivity contribution in [3.8, 4) is 136 Å². The van der Waals surface area contributed by atoms with Crippen LogP contribution in [0.3, 0.4) is 0 Å². The third-order valence-corrected chi connectivity index (χ3v) is 29.4. The summed E-state index contributed by atoms with van der Waals surface area (Å²) in [4.78, 5) is 46.6. The normalized spacial score (nSPS) is 12.3. The second kappa shape index (κ2) is 34.6. The van der Waals surface area contributed by atoms with Crippen molar-refractivity contribution in [2.75, 3.05) is 0 Å². The summed E-state index contributed by atoms with van der Waals surface area (Å²) in [6.07, 6.45) is 0. The lowest BCUT2D eigenvalue weighted by Crippen LogP contribution is -2.14. The number of aromatic nitrogens is 16. The van der Waals surface area contributed by atoms with Crippen molar-refractivity contribution >= 4 is 127 Å². The van der Waals surface area contributed by atoms with Crippen LogP contribution >= 0.6 is 0 Å². The van der Waals surface area contributed by atoms with Gasteiger partial charge in [-0.2, -0.15) is 0 Å². The number of para-hydroxylation sites is 9.